The van der Waals surface area contributed by atoms with Crippen molar-refractivity contribution < 1.29 is 13.6 Å². The third-order valence-electron chi connectivity index (χ3n) is 3.09. The Bertz CT molecular complexity index is 806. The fourth-order valence-corrected chi connectivity index (χ4v) is 3.31. The van der Waals surface area contributed by atoms with E-state index in [2.05, 4.69) is 4.72 Å². The molecule has 0 heterocycles. The zero-order chi connectivity index (χ0) is 16.5. The summed E-state index contributed by atoms with van der Waals surface area (Å²) in [5.74, 6) is 0. The number of hydrogen-bond donors (Lipinski definition) is 2. The van der Waals surface area contributed by atoms with E-state index >= 15 is 0 Å². The fraction of sp³-hybridized carbons (Fsp3) is 0.143. The van der Waals surface area contributed by atoms with Crippen LogP contribution in [0.2, 0.25) is 5.02 Å². The predicted octanol–water partition coefficient (Wildman–Crippen LogP) is 2.27. The van der Waals surface area contributed by atoms with Crippen LogP contribution in [0, 0.1) is 24.3 Å². The van der Waals surface area contributed by atoms with Gasteiger partial charge in [0.1, 0.15) is 5.02 Å². The van der Waals surface area contributed by atoms with Gasteiger partial charge in [0.25, 0.3) is 10.0 Å². The highest BCUT2D eigenvalue weighted by Gasteiger charge is 2.18. The summed E-state index contributed by atoms with van der Waals surface area (Å²) in [5, 5.41) is 20.3. The molecule has 0 aliphatic heterocycles. The van der Waals surface area contributed by atoms with Crippen molar-refractivity contribution in [3.05, 3.63) is 63.0 Å². The number of anilines is 1. The van der Waals surface area contributed by atoms with E-state index in [-0.39, 0.29) is 15.6 Å². The van der Waals surface area contributed by atoms with E-state index in [0.717, 1.165) is 17.2 Å². The highest BCUT2D eigenvalue weighted by molar-refractivity contribution is 7.92. The summed E-state index contributed by atoms with van der Waals surface area (Å²) in [7, 11) is -3.92. The minimum atomic E-state index is -3.92. The Morgan fingerprint density at radius 1 is 1.09 bits per heavy atom. The maximum absolute atomic E-state index is 12.4. The van der Waals surface area contributed by atoms with Gasteiger partial charge in [-0.1, -0.05) is 29.3 Å². The molecule has 0 amide bonds. The lowest BCUT2D eigenvalue weighted by Crippen LogP contribution is -2.96. The summed E-state index contributed by atoms with van der Waals surface area (Å²) < 4.78 is 27.1. The Hall–Kier alpha value is -1.64. The molecule has 0 saturated carbocycles. The van der Waals surface area contributed by atoms with Crippen molar-refractivity contribution in [1.29, 1.82) is 0 Å². The fourth-order valence-electron chi connectivity index (χ4n) is 1.96. The van der Waals surface area contributed by atoms with Crippen LogP contribution in [0.15, 0.2) is 41.3 Å². The van der Waals surface area contributed by atoms with Crippen molar-refractivity contribution in [2.24, 2.45) is 0 Å². The Kier molecular flexibility index (Phi) is 4.74. The second-order valence-corrected chi connectivity index (χ2v) is 6.94. The van der Waals surface area contributed by atoms with Gasteiger partial charge >= 0.3 is 0 Å². The minimum absolute atomic E-state index is 0.0783. The molecule has 22 heavy (non-hydrogen) atoms. The normalized spacial score (nSPS) is 11.7. The number of sulfonamides is 1. The van der Waals surface area contributed by atoms with Gasteiger partial charge < -0.3 is 15.6 Å². The molecular weight excluding hydrogens is 328 g/mol. The van der Waals surface area contributed by atoms with Crippen molar-refractivity contribution in [2.75, 3.05) is 4.72 Å². The summed E-state index contributed by atoms with van der Waals surface area (Å²) in [6.45, 7) is 3.68. The first-order valence-corrected chi connectivity index (χ1v) is 8.18. The number of aryl methyl sites for hydroxylation is 2. The molecule has 2 aromatic carbocycles. The second-order valence-electron chi connectivity index (χ2n) is 4.85. The molecule has 0 unspecified atom stereocenters. The predicted molar refractivity (Wildman–Crippen MR) is 85.5 cm³/mol. The summed E-state index contributed by atoms with van der Waals surface area (Å²) in [5.41, 5.74) is 1.82. The molecule has 0 aromatic heterocycles. The number of hydrogen-bond acceptors (Lipinski definition) is 4. The molecule has 6 nitrogen and oxygen atoms in total. The first kappa shape index (κ1) is 16.7. The third kappa shape index (κ3) is 3.57. The first-order chi connectivity index (χ1) is 10.2. The van der Waals surface area contributed by atoms with Gasteiger partial charge in [0, 0.05) is 6.07 Å². The Labute approximate surface area is 133 Å². The standard InChI is InChI=1S/C14H14ClN2O4S/c1-9-3-6-13(10(2)7-9)16-22(20,21)11-4-5-12(15)14(8-11)17(18)19/h3-8,16-17H,1-2H3/q-1. The van der Waals surface area contributed by atoms with Crippen LogP contribution in [0.5, 0.6) is 0 Å². The zero-order valence-corrected chi connectivity index (χ0v) is 13.5. The van der Waals surface area contributed by atoms with E-state index in [1.807, 2.05) is 13.0 Å². The SMILES string of the molecule is Cc1ccc(NS(=O)(=O)c2ccc(Cl)c([NH+]([O-])[O-])c2)c(C)c1. The highest BCUT2D eigenvalue weighted by atomic mass is 35.5. The van der Waals surface area contributed by atoms with Gasteiger partial charge in [-0.15, -0.1) is 0 Å². The van der Waals surface area contributed by atoms with Gasteiger partial charge in [-0.2, -0.15) is 0 Å². The molecule has 0 radical (unpaired) electrons. The van der Waals surface area contributed by atoms with Crippen molar-refractivity contribution in [1.82, 2.24) is 0 Å². The van der Waals surface area contributed by atoms with E-state index in [4.69, 9.17) is 11.6 Å². The summed E-state index contributed by atoms with van der Waals surface area (Å²) >= 11 is 5.71. The van der Waals surface area contributed by atoms with Crippen LogP contribution < -0.4 is 9.95 Å². The largest absolute Gasteiger partial charge is 0.628 e. The Morgan fingerprint density at radius 3 is 2.36 bits per heavy atom. The molecule has 8 heteroatoms. The van der Waals surface area contributed by atoms with Crippen molar-refractivity contribution in [3.8, 4) is 0 Å². The van der Waals surface area contributed by atoms with Crippen molar-refractivity contribution >= 4 is 33.0 Å². The second kappa shape index (κ2) is 6.23. The molecule has 0 bridgehead atoms. The topological polar surface area (TPSA) is 96.7 Å². The molecule has 2 aromatic rings. The van der Waals surface area contributed by atoms with Gasteiger partial charge in [0.15, 0.2) is 5.69 Å². The maximum Gasteiger partial charge on any atom is 0.262 e. The molecule has 0 aliphatic carbocycles. The zero-order valence-electron chi connectivity index (χ0n) is 11.9. The molecule has 2 N–H and O–H groups in total. The quantitative estimate of drug-likeness (QED) is 0.833. The van der Waals surface area contributed by atoms with Crippen LogP contribution >= 0.6 is 11.6 Å². The third-order valence-corrected chi connectivity index (χ3v) is 4.79. The Balaban J connectivity index is 2.40. The van der Waals surface area contributed by atoms with E-state index in [1.54, 1.807) is 19.1 Å². The first-order valence-electron chi connectivity index (χ1n) is 6.31. The summed E-state index contributed by atoms with van der Waals surface area (Å²) in [6, 6.07) is 8.69. The van der Waals surface area contributed by atoms with Gasteiger partial charge in [0.2, 0.25) is 0 Å². The molecule has 118 valence electrons. The van der Waals surface area contributed by atoms with Gasteiger partial charge in [-0.3, -0.25) is 4.72 Å². The average molecular weight is 342 g/mol. The molecule has 2 rings (SSSR count). The van der Waals surface area contributed by atoms with Crippen LogP contribution in [0.4, 0.5) is 11.4 Å². The van der Waals surface area contributed by atoms with Crippen LogP contribution in [-0.4, -0.2) is 8.42 Å². The number of rotatable bonds is 4. The van der Waals surface area contributed by atoms with E-state index < -0.39 is 15.2 Å². The highest BCUT2D eigenvalue weighted by Crippen LogP contribution is 2.25. The van der Waals surface area contributed by atoms with Crippen molar-refractivity contribution in [3.63, 3.8) is 0 Å². The van der Waals surface area contributed by atoms with E-state index in [0.29, 0.717) is 5.69 Å². The lowest BCUT2D eigenvalue weighted by molar-refractivity contribution is -0.715. The van der Waals surface area contributed by atoms with E-state index in [1.165, 1.54) is 12.1 Å². The van der Waals surface area contributed by atoms with E-state index in [9.17, 15) is 18.8 Å². The van der Waals surface area contributed by atoms with Crippen LogP contribution in [-0.2, 0) is 10.0 Å². The molecular formula is C14H14ClN2O4S-. The van der Waals surface area contributed by atoms with Gasteiger partial charge in [0.05, 0.1) is 10.6 Å². The number of halogens is 1. The molecule has 0 aliphatic rings. The molecule has 0 saturated heterocycles. The van der Waals surface area contributed by atoms with Crippen LogP contribution in [0.1, 0.15) is 11.1 Å². The molecule has 0 atom stereocenters. The number of quaternary nitrogens is 1. The van der Waals surface area contributed by atoms with Crippen LogP contribution in [0.25, 0.3) is 0 Å². The Morgan fingerprint density at radius 2 is 1.77 bits per heavy atom. The lowest BCUT2D eigenvalue weighted by Gasteiger charge is -2.25. The van der Waals surface area contributed by atoms with Gasteiger partial charge in [-0.05, 0) is 37.6 Å². The average Bonchev–Trinajstić information content (AvgIpc) is 2.42. The summed E-state index contributed by atoms with van der Waals surface area (Å²) in [6.07, 6.45) is 0. The van der Waals surface area contributed by atoms with Gasteiger partial charge in [-0.25, -0.2) is 8.42 Å². The minimum Gasteiger partial charge on any atom is -0.628 e. The maximum atomic E-state index is 12.4. The molecule has 0 spiro atoms. The monoisotopic (exact) mass is 341 g/mol. The van der Waals surface area contributed by atoms with Crippen LogP contribution in [0.3, 0.4) is 0 Å². The number of benzene rings is 2. The van der Waals surface area contributed by atoms with Crippen molar-refractivity contribution in [2.45, 2.75) is 18.7 Å². The lowest BCUT2D eigenvalue weighted by atomic mass is 10.1. The smallest absolute Gasteiger partial charge is 0.262 e. The molecule has 0 fully saturated rings. The number of nitrogens with one attached hydrogen (secondary N) is 2. The summed E-state index contributed by atoms with van der Waals surface area (Å²) in [4.78, 5) is -0.198.